The van der Waals surface area contributed by atoms with Crippen molar-refractivity contribution < 1.29 is 33.6 Å². The van der Waals surface area contributed by atoms with Crippen molar-refractivity contribution in [1.82, 2.24) is 5.32 Å². The zero-order chi connectivity index (χ0) is 27.7. The average molecular weight is 545 g/mol. The van der Waals surface area contributed by atoms with Gasteiger partial charge in [-0.3, -0.25) is 9.79 Å². The molecule has 0 aliphatic carbocycles. The SMILES string of the molecule is COC(=O)C1=C(C)N=C(C)C(C(=O)OC)C1c1cc(Cl)ccc1OCCNCC(O)COc1ccccc1. The summed E-state index contributed by atoms with van der Waals surface area (Å²) in [4.78, 5) is 30.1. The van der Waals surface area contributed by atoms with Crippen LogP contribution in [0, 0.1) is 5.92 Å². The van der Waals surface area contributed by atoms with Gasteiger partial charge < -0.3 is 29.4 Å². The molecule has 0 aromatic heterocycles. The van der Waals surface area contributed by atoms with E-state index in [-0.39, 0.29) is 18.8 Å². The minimum atomic E-state index is -0.864. The summed E-state index contributed by atoms with van der Waals surface area (Å²) in [6.07, 6.45) is -0.706. The molecule has 204 valence electrons. The highest BCUT2D eigenvalue weighted by atomic mass is 35.5. The molecular formula is C28H33ClN2O7. The van der Waals surface area contributed by atoms with Gasteiger partial charge in [0.05, 0.1) is 19.8 Å². The van der Waals surface area contributed by atoms with E-state index in [1.54, 1.807) is 32.0 Å². The van der Waals surface area contributed by atoms with Gasteiger partial charge in [-0.1, -0.05) is 29.8 Å². The fourth-order valence-electron chi connectivity index (χ4n) is 4.34. The Morgan fingerprint density at radius 3 is 2.50 bits per heavy atom. The average Bonchev–Trinajstić information content (AvgIpc) is 2.91. The molecule has 1 aliphatic rings. The monoisotopic (exact) mass is 544 g/mol. The summed E-state index contributed by atoms with van der Waals surface area (Å²) in [5, 5.41) is 13.7. The molecule has 0 saturated carbocycles. The Morgan fingerprint density at radius 1 is 1.08 bits per heavy atom. The van der Waals surface area contributed by atoms with Gasteiger partial charge in [0.15, 0.2) is 0 Å². The lowest BCUT2D eigenvalue weighted by Crippen LogP contribution is -2.36. The lowest BCUT2D eigenvalue weighted by Gasteiger charge is -2.32. The molecule has 2 aromatic carbocycles. The molecule has 0 radical (unpaired) electrons. The number of allylic oxidation sites excluding steroid dienone is 1. The number of hydrogen-bond acceptors (Lipinski definition) is 9. The first kappa shape index (κ1) is 29.2. The van der Waals surface area contributed by atoms with Crippen LogP contribution in [0.4, 0.5) is 0 Å². The van der Waals surface area contributed by atoms with Gasteiger partial charge in [-0.25, -0.2) is 4.79 Å². The largest absolute Gasteiger partial charge is 0.492 e. The number of benzene rings is 2. The first-order chi connectivity index (χ1) is 18.3. The molecule has 0 spiro atoms. The second-order valence-corrected chi connectivity index (χ2v) is 9.17. The summed E-state index contributed by atoms with van der Waals surface area (Å²) in [5.74, 6) is -1.63. The minimum absolute atomic E-state index is 0.151. The van der Waals surface area contributed by atoms with Crippen LogP contribution in [0.3, 0.4) is 0 Å². The third-order valence-corrected chi connectivity index (χ3v) is 6.33. The summed E-state index contributed by atoms with van der Waals surface area (Å²) in [5.41, 5.74) is 1.73. The summed E-state index contributed by atoms with van der Waals surface area (Å²) in [7, 11) is 2.56. The van der Waals surface area contributed by atoms with E-state index >= 15 is 0 Å². The number of aliphatic hydroxyl groups is 1. The Bertz CT molecular complexity index is 1180. The highest BCUT2D eigenvalue weighted by Gasteiger charge is 2.43. The number of nitrogens with zero attached hydrogens (tertiary/aromatic N) is 1. The van der Waals surface area contributed by atoms with Crippen molar-refractivity contribution in [2.75, 3.05) is 40.5 Å². The lowest BCUT2D eigenvalue weighted by molar-refractivity contribution is -0.143. The van der Waals surface area contributed by atoms with E-state index in [4.69, 9.17) is 30.5 Å². The summed E-state index contributed by atoms with van der Waals surface area (Å²) < 4.78 is 21.7. The molecule has 3 atom stereocenters. The van der Waals surface area contributed by atoms with Gasteiger partial charge in [0.1, 0.15) is 36.7 Å². The molecule has 9 nitrogen and oxygen atoms in total. The number of para-hydroxylation sites is 1. The molecule has 1 heterocycles. The van der Waals surface area contributed by atoms with Gasteiger partial charge in [0.25, 0.3) is 0 Å². The van der Waals surface area contributed by atoms with E-state index in [0.717, 1.165) is 0 Å². The van der Waals surface area contributed by atoms with E-state index in [1.807, 2.05) is 30.3 Å². The number of halogens is 1. The van der Waals surface area contributed by atoms with E-state index in [9.17, 15) is 14.7 Å². The fraction of sp³-hybridized carbons (Fsp3) is 0.393. The zero-order valence-electron chi connectivity index (χ0n) is 21.9. The number of carbonyl (C=O) groups is 2. The lowest BCUT2D eigenvalue weighted by atomic mass is 9.75. The summed E-state index contributed by atoms with van der Waals surface area (Å²) >= 11 is 6.34. The molecule has 0 saturated heterocycles. The smallest absolute Gasteiger partial charge is 0.336 e. The van der Waals surface area contributed by atoms with E-state index in [0.29, 0.717) is 46.6 Å². The second kappa shape index (κ2) is 13.9. The Morgan fingerprint density at radius 2 is 1.82 bits per heavy atom. The fourth-order valence-corrected chi connectivity index (χ4v) is 4.52. The molecule has 10 heteroatoms. The van der Waals surface area contributed by atoms with Crippen LogP contribution in [0.2, 0.25) is 5.02 Å². The molecule has 3 unspecified atom stereocenters. The van der Waals surface area contributed by atoms with E-state index < -0.39 is 29.9 Å². The molecule has 2 aromatic rings. The molecule has 0 bridgehead atoms. The number of ether oxygens (including phenoxy) is 4. The normalized spacial score (nSPS) is 17.9. The molecule has 0 amide bonds. The number of rotatable bonds is 12. The van der Waals surface area contributed by atoms with Crippen LogP contribution in [0.5, 0.6) is 11.5 Å². The minimum Gasteiger partial charge on any atom is -0.492 e. The predicted molar refractivity (Wildman–Crippen MR) is 144 cm³/mol. The third-order valence-electron chi connectivity index (χ3n) is 6.10. The van der Waals surface area contributed by atoms with Crippen LogP contribution in [0.15, 0.2) is 64.8 Å². The number of aliphatic hydroxyl groups excluding tert-OH is 1. The number of methoxy groups -OCH3 is 2. The first-order valence-corrected chi connectivity index (χ1v) is 12.6. The van der Waals surface area contributed by atoms with Gasteiger partial charge in [-0.15, -0.1) is 0 Å². The molecule has 38 heavy (non-hydrogen) atoms. The predicted octanol–water partition coefficient (Wildman–Crippen LogP) is 3.54. The van der Waals surface area contributed by atoms with Crippen molar-refractivity contribution in [3.05, 3.63) is 70.4 Å². The van der Waals surface area contributed by atoms with Crippen molar-refractivity contribution in [1.29, 1.82) is 0 Å². The van der Waals surface area contributed by atoms with Crippen molar-refractivity contribution in [3.63, 3.8) is 0 Å². The maximum absolute atomic E-state index is 12.8. The van der Waals surface area contributed by atoms with Crippen LogP contribution in [0.1, 0.15) is 25.3 Å². The number of esters is 2. The summed E-state index contributed by atoms with van der Waals surface area (Å²) in [6, 6.07) is 14.3. The Kier molecular flexibility index (Phi) is 10.7. The van der Waals surface area contributed by atoms with Gasteiger partial charge in [0, 0.05) is 41.0 Å². The summed E-state index contributed by atoms with van der Waals surface area (Å²) in [6.45, 7) is 4.54. The van der Waals surface area contributed by atoms with Crippen molar-refractivity contribution in [2.45, 2.75) is 25.9 Å². The van der Waals surface area contributed by atoms with Crippen molar-refractivity contribution >= 4 is 29.3 Å². The zero-order valence-corrected chi connectivity index (χ0v) is 22.7. The third kappa shape index (κ3) is 7.34. The van der Waals surface area contributed by atoms with Crippen molar-refractivity contribution in [2.24, 2.45) is 10.9 Å². The Hall–Kier alpha value is -3.40. The molecule has 0 fully saturated rings. The maximum atomic E-state index is 12.8. The van der Waals surface area contributed by atoms with Gasteiger partial charge in [0.2, 0.25) is 0 Å². The van der Waals surface area contributed by atoms with Crippen LogP contribution < -0.4 is 14.8 Å². The highest BCUT2D eigenvalue weighted by molar-refractivity contribution is 6.30. The van der Waals surface area contributed by atoms with Crippen LogP contribution in [0.25, 0.3) is 0 Å². The molecule has 1 aliphatic heterocycles. The Labute approximate surface area is 227 Å². The molecular weight excluding hydrogens is 512 g/mol. The molecule has 2 N–H and O–H groups in total. The quantitative estimate of drug-likeness (QED) is 0.308. The van der Waals surface area contributed by atoms with Gasteiger partial charge in [-0.05, 0) is 44.2 Å². The standard InChI is InChI=1S/C28H33ClN2O7/c1-17-24(27(33)35-3)26(25(18(2)31-17)28(34)36-4)22-14-19(29)10-11-23(22)37-13-12-30-15-20(32)16-38-21-8-6-5-7-9-21/h5-11,14,20,24,26,30,32H,12-13,15-16H2,1-4H3. The van der Waals surface area contributed by atoms with E-state index in [2.05, 4.69) is 10.3 Å². The van der Waals surface area contributed by atoms with Crippen LogP contribution in [-0.2, 0) is 19.1 Å². The number of nitrogens with one attached hydrogen (secondary N) is 1. The second-order valence-electron chi connectivity index (χ2n) is 8.73. The topological polar surface area (TPSA) is 116 Å². The number of carbonyl (C=O) groups excluding carboxylic acids is 2. The highest BCUT2D eigenvalue weighted by Crippen LogP contribution is 2.44. The maximum Gasteiger partial charge on any atom is 0.336 e. The number of aliphatic imine (C=N–C) groups is 1. The van der Waals surface area contributed by atoms with Crippen LogP contribution in [-0.4, -0.2) is 69.4 Å². The molecule has 3 rings (SSSR count). The first-order valence-electron chi connectivity index (χ1n) is 12.2. The van der Waals surface area contributed by atoms with Gasteiger partial charge in [-0.2, -0.15) is 0 Å². The van der Waals surface area contributed by atoms with E-state index in [1.165, 1.54) is 14.2 Å². The van der Waals surface area contributed by atoms with Crippen molar-refractivity contribution in [3.8, 4) is 11.5 Å². The number of hydrogen-bond donors (Lipinski definition) is 2. The Balaban J connectivity index is 1.71. The van der Waals surface area contributed by atoms with Crippen LogP contribution >= 0.6 is 11.6 Å². The van der Waals surface area contributed by atoms with Gasteiger partial charge >= 0.3 is 11.9 Å².